The number of hydrogen-bond acceptors (Lipinski definition) is 4. The Kier molecular flexibility index (Phi) is 8.34. The highest BCUT2D eigenvalue weighted by atomic mass is 16.5. The maximum absolute atomic E-state index is 11.9. The Morgan fingerprint density at radius 2 is 1.39 bits per heavy atom. The fourth-order valence-electron chi connectivity index (χ4n) is 2.61. The van der Waals surface area contributed by atoms with Crippen LogP contribution in [0.1, 0.15) is 23.6 Å². The molecule has 0 radical (unpaired) electrons. The van der Waals surface area contributed by atoms with Gasteiger partial charge in [-0.25, -0.2) is 0 Å². The monoisotopic (exact) mass is 384 g/mol. The molecule has 6 heteroatoms. The van der Waals surface area contributed by atoms with Gasteiger partial charge in [0.25, 0.3) is 11.8 Å². The van der Waals surface area contributed by atoms with Gasteiger partial charge in [-0.15, -0.1) is 0 Å². The lowest BCUT2D eigenvalue weighted by Crippen LogP contribution is -2.38. The van der Waals surface area contributed by atoms with Crippen molar-refractivity contribution in [3.05, 3.63) is 59.2 Å². The minimum atomic E-state index is -0.233. The summed E-state index contributed by atoms with van der Waals surface area (Å²) in [5.74, 6) is 0.958. The molecule has 0 saturated heterocycles. The SMILES string of the molecule is CCc1ccccc1OCC(=O)NCCNC(=O)COc1cccc(C)c1C. The summed E-state index contributed by atoms with van der Waals surface area (Å²) in [5, 5.41) is 5.43. The highest BCUT2D eigenvalue weighted by molar-refractivity contribution is 5.78. The predicted molar refractivity (Wildman–Crippen MR) is 109 cm³/mol. The van der Waals surface area contributed by atoms with Crippen LogP contribution < -0.4 is 20.1 Å². The Balaban J connectivity index is 1.62. The zero-order valence-electron chi connectivity index (χ0n) is 16.7. The first-order valence-electron chi connectivity index (χ1n) is 9.44. The number of amides is 2. The third-order valence-electron chi connectivity index (χ3n) is 4.40. The van der Waals surface area contributed by atoms with E-state index < -0.39 is 0 Å². The van der Waals surface area contributed by atoms with Crippen molar-refractivity contribution in [1.82, 2.24) is 10.6 Å². The zero-order valence-corrected chi connectivity index (χ0v) is 16.7. The van der Waals surface area contributed by atoms with Gasteiger partial charge < -0.3 is 20.1 Å². The minimum Gasteiger partial charge on any atom is -0.483 e. The van der Waals surface area contributed by atoms with Crippen LogP contribution in [-0.2, 0) is 16.0 Å². The molecular weight excluding hydrogens is 356 g/mol. The molecule has 2 aromatic carbocycles. The molecule has 0 aliphatic carbocycles. The van der Waals surface area contributed by atoms with E-state index in [1.807, 2.05) is 63.2 Å². The standard InChI is InChI=1S/C22H28N2O4/c1-4-18-9-5-6-10-20(18)28-15-22(26)24-13-12-23-21(25)14-27-19-11-7-8-16(2)17(19)3/h5-11H,4,12-15H2,1-3H3,(H,23,25)(H,24,26). The number of carbonyl (C=O) groups excluding carboxylic acids is 2. The van der Waals surface area contributed by atoms with Gasteiger partial charge in [0.05, 0.1) is 0 Å². The Hall–Kier alpha value is -3.02. The van der Waals surface area contributed by atoms with Crippen LogP contribution in [0.4, 0.5) is 0 Å². The number of carbonyl (C=O) groups is 2. The molecule has 28 heavy (non-hydrogen) atoms. The fourth-order valence-corrected chi connectivity index (χ4v) is 2.61. The van der Waals surface area contributed by atoms with E-state index in [9.17, 15) is 9.59 Å². The maximum Gasteiger partial charge on any atom is 0.258 e. The van der Waals surface area contributed by atoms with Gasteiger partial charge in [0.15, 0.2) is 13.2 Å². The molecule has 0 aliphatic rings. The van der Waals surface area contributed by atoms with Gasteiger partial charge in [-0.1, -0.05) is 37.3 Å². The van der Waals surface area contributed by atoms with Crippen LogP contribution in [0.15, 0.2) is 42.5 Å². The van der Waals surface area contributed by atoms with Crippen LogP contribution >= 0.6 is 0 Å². The third kappa shape index (κ3) is 6.61. The van der Waals surface area contributed by atoms with E-state index in [1.54, 1.807) is 0 Å². The largest absolute Gasteiger partial charge is 0.483 e. The van der Waals surface area contributed by atoms with Gasteiger partial charge in [-0.05, 0) is 49.1 Å². The number of aryl methyl sites for hydroxylation is 2. The van der Waals surface area contributed by atoms with E-state index >= 15 is 0 Å². The van der Waals surface area contributed by atoms with Gasteiger partial charge >= 0.3 is 0 Å². The van der Waals surface area contributed by atoms with Crippen molar-refractivity contribution in [2.75, 3.05) is 26.3 Å². The van der Waals surface area contributed by atoms with Gasteiger partial charge in [0, 0.05) is 13.1 Å². The molecule has 6 nitrogen and oxygen atoms in total. The number of nitrogens with one attached hydrogen (secondary N) is 2. The summed E-state index contributed by atoms with van der Waals surface area (Å²) in [6.45, 7) is 6.53. The Labute approximate surface area is 166 Å². The lowest BCUT2D eigenvalue weighted by Gasteiger charge is -2.12. The van der Waals surface area contributed by atoms with Gasteiger partial charge in [0.2, 0.25) is 0 Å². The second-order valence-electron chi connectivity index (χ2n) is 6.44. The summed E-state index contributed by atoms with van der Waals surface area (Å²) in [5.41, 5.74) is 3.20. The van der Waals surface area contributed by atoms with Crippen molar-refractivity contribution in [1.29, 1.82) is 0 Å². The summed E-state index contributed by atoms with van der Waals surface area (Å²) >= 11 is 0. The Bertz CT molecular complexity index is 805. The van der Waals surface area contributed by atoms with Crippen molar-refractivity contribution < 1.29 is 19.1 Å². The van der Waals surface area contributed by atoms with E-state index in [4.69, 9.17) is 9.47 Å². The summed E-state index contributed by atoms with van der Waals surface area (Å²) in [4.78, 5) is 23.7. The molecule has 0 spiro atoms. The molecule has 0 atom stereocenters. The first-order valence-corrected chi connectivity index (χ1v) is 9.44. The van der Waals surface area contributed by atoms with Crippen molar-refractivity contribution in [3.8, 4) is 11.5 Å². The zero-order chi connectivity index (χ0) is 20.4. The van der Waals surface area contributed by atoms with Crippen molar-refractivity contribution >= 4 is 11.8 Å². The highest BCUT2D eigenvalue weighted by Gasteiger charge is 2.07. The second kappa shape index (κ2) is 11.0. The summed E-state index contributed by atoms with van der Waals surface area (Å²) in [7, 11) is 0. The van der Waals surface area contributed by atoms with Gasteiger partial charge in [-0.3, -0.25) is 9.59 Å². The van der Waals surface area contributed by atoms with Gasteiger partial charge in [-0.2, -0.15) is 0 Å². The molecule has 2 amide bonds. The number of ether oxygens (including phenoxy) is 2. The van der Waals surface area contributed by atoms with Crippen LogP contribution in [0.2, 0.25) is 0 Å². The molecular formula is C22H28N2O4. The highest BCUT2D eigenvalue weighted by Crippen LogP contribution is 2.20. The Morgan fingerprint density at radius 1 is 0.821 bits per heavy atom. The maximum atomic E-state index is 11.9. The molecule has 2 rings (SSSR count). The fraction of sp³-hybridized carbons (Fsp3) is 0.364. The third-order valence-corrected chi connectivity index (χ3v) is 4.40. The predicted octanol–water partition coefficient (Wildman–Crippen LogP) is 2.56. The minimum absolute atomic E-state index is 0.0549. The van der Waals surface area contributed by atoms with E-state index in [0.29, 0.717) is 18.8 Å². The molecule has 0 heterocycles. The van der Waals surface area contributed by atoms with Gasteiger partial charge in [0.1, 0.15) is 11.5 Å². The molecule has 0 aliphatic heterocycles. The molecule has 2 N–H and O–H groups in total. The second-order valence-corrected chi connectivity index (χ2v) is 6.44. The number of rotatable bonds is 10. The topological polar surface area (TPSA) is 76.7 Å². The smallest absolute Gasteiger partial charge is 0.258 e. The summed E-state index contributed by atoms with van der Waals surface area (Å²) in [6, 6.07) is 13.4. The van der Waals surface area contributed by atoms with E-state index in [-0.39, 0.29) is 25.0 Å². The van der Waals surface area contributed by atoms with Crippen LogP contribution in [0, 0.1) is 13.8 Å². The first kappa shape index (κ1) is 21.3. The molecule has 0 unspecified atom stereocenters. The van der Waals surface area contributed by atoms with Crippen LogP contribution in [0.3, 0.4) is 0 Å². The Morgan fingerprint density at radius 3 is 2.04 bits per heavy atom. The summed E-state index contributed by atoms with van der Waals surface area (Å²) < 4.78 is 11.1. The normalized spacial score (nSPS) is 10.2. The average molecular weight is 384 g/mol. The van der Waals surface area contributed by atoms with E-state index in [0.717, 1.165) is 28.9 Å². The van der Waals surface area contributed by atoms with Crippen molar-refractivity contribution in [2.24, 2.45) is 0 Å². The molecule has 0 fully saturated rings. The van der Waals surface area contributed by atoms with Crippen molar-refractivity contribution in [2.45, 2.75) is 27.2 Å². The first-order chi connectivity index (χ1) is 13.5. The molecule has 0 bridgehead atoms. The quantitative estimate of drug-likeness (QED) is 0.617. The molecule has 150 valence electrons. The van der Waals surface area contributed by atoms with Crippen LogP contribution in [0.5, 0.6) is 11.5 Å². The lowest BCUT2D eigenvalue weighted by atomic mass is 10.1. The van der Waals surface area contributed by atoms with E-state index in [2.05, 4.69) is 10.6 Å². The summed E-state index contributed by atoms with van der Waals surface area (Å²) in [6.07, 6.45) is 0.841. The number of benzene rings is 2. The molecule has 0 aromatic heterocycles. The lowest BCUT2D eigenvalue weighted by molar-refractivity contribution is -0.124. The average Bonchev–Trinajstić information content (AvgIpc) is 2.71. The van der Waals surface area contributed by atoms with Crippen LogP contribution in [-0.4, -0.2) is 38.1 Å². The number of hydrogen-bond donors (Lipinski definition) is 2. The van der Waals surface area contributed by atoms with E-state index in [1.165, 1.54) is 0 Å². The molecule has 0 saturated carbocycles. The molecule has 2 aromatic rings. The van der Waals surface area contributed by atoms with Crippen LogP contribution in [0.25, 0.3) is 0 Å². The number of para-hydroxylation sites is 1. The van der Waals surface area contributed by atoms with Crippen molar-refractivity contribution in [3.63, 3.8) is 0 Å².